The van der Waals surface area contributed by atoms with E-state index in [-0.39, 0.29) is 19.2 Å². The van der Waals surface area contributed by atoms with Crippen LogP contribution in [0.2, 0.25) is 0 Å². The lowest BCUT2D eigenvalue weighted by Crippen LogP contribution is -2.14. The number of carbonyl (C=O) groups excluding carboxylic acids is 1. The van der Waals surface area contributed by atoms with E-state index in [1.165, 1.54) is 7.11 Å². The molecule has 0 fully saturated rings. The first kappa shape index (κ1) is 27.7. The molecule has 2 aromatic heterocycles. The first-order chi connectivity index (χ1) is 19.6. The zero-order valence-corrected chi connectivity index (χ0v) is 22.2. The van der Waals surface area contributed by atoms with Crippen LogP contribution in [0.5, 0.6) is 17.2 Å². The van der Waals surface area contributed by atoms with Gasteiger partial charge in [0.1, 0.15) is 11.5 Å². The molecule has 3 N–H and O–H groups in total. The highest BCUT2D eigenvalue weighted by Gasteiger charge is 2.10. The van der Waals surface area contributed by atoms with Crippen molar-refractivity contribution >= 4 is 35.7 Å². The molecule has 0 aliphatic carbocycles. The van der Waals surface area contributed by atoms with Crippen LogP contribution in [0, 0.1) is 0 Å². The van der Waals surface area contributed by atoms with Crippen LogP contribution < -0.4 is 30.3 Å². The van der Waals surface area contributed by atoms with Crippen LogP contribution in [0.1, 0.15) is 18.2 Å². The summed E-state index contributed by atoms with van der Waals surface area (Å²) in [6, 6.07) is 16.1. The number of rotatable bonds is 14. The molecule has 13 nitrogen and oxygen atoms in total. The fourth-order valence-corrected chi connectivity index (χ4v) is 3.33. The van der Waals surface area contributed by atoms with E-state index in [1.807, 2.05) is 30.3 Å². The second-order valence-electron chi connectivity index (χ2n) is 7.97. The minimum atomic E-state index is -0.462. The SMILES string of the molecule is CCOC(=O)COc1ccc(C=NNc2nc(NCc3ccco3)nc(Nc3ccc(OC)cc3)n2)cc1OC. The van der Waals surface area contributed by atoms with Crippen molar-refractivity contribution in [2.75, 3.05) is 43.5 Å². The van der Waals surface area contributed by atoms with Crippen molar-refractivity contribution < 1.29 is 28.2 Å². The molecule has 0 aliphatic heterocycles. The third-order valence-corrected chi connectivity index (χ3v) is 5.20. The van der Waals surface area contributed by atoms with E-state index in [2.05, 4.69) is 36.1 Å². The average Bonchev–Trinajstić information content (AvgIpc) is 3.50. The molecule has 0 amide bonds. The van der Waals surface area contributed by atoms with E-state index >= 15 is 0 Å². The standard InChI is InChI=1S/C27H29N7O6/c1-4-38-24(35)17-40-22-12-7-18(14-23(22)37-3)15-29-34-27-32-25(28-16-21-6-5-13-39-21)31-26(33-27)30-19-8-10-20(36-2)11-9-19/h5-15H,4,16-17H2,1-3H3,(H3,28,30,31,32,33,34). The molecule has 4 aromatic rings. The van der Waals surface area contributed by atoms with Crippen molar-refractivity contribution in [2.24, 2.45) is 5.10 Å². The topological polar surface area (TPSA) is 154 Å². The molecule has 4 rings (SSSR count). The minimum Gasteiger partial charge on any atom is -0.497 e. The van der Waals surface area contributed by atoms with Gasteiger partial charge in [0.25, 0.3) is 0 Å². The van der Waals surface area contributed by atoms with Crippen molar-refractivity contribution in [1.82, 2.24) is 15.0 Å². The summed E-state index contributed by atoms with van der Waals surface area (Å²) in [6.07, 6.45) is 3.16. The molecule has 2 aromatic carbocycles. The Morgan fingerprint density at radius 1 is 0.975 bits per heavy atom. The number of anilines is 4. The van der Waals surface area contributed by atoms with Crippen molar-refractivity contribution in [1.29, 1.82) is 0 Å². The summed E-state index contributed by atoms with van der Waals surface area (Å²) >= 11 is 0. The maximum atomic E-state index is 11.6. The summed E-state index contributed by atoms with van der Waals surface area (Å²) in [5.74, 6) is 2.63. The molecule has 0 aliphatic rings. The van der Waals surface area contributed by atoms with E-state index in [9.17, 15) is 4.79 Å². The molecule has 2 heterocycles. The fraction of sp³-hybridized carbons (Fsp3) is 0.222. The van der Waals surface area contributed by atoms with E-state index in [4.69, 9.17) is 23.4 Å². The average molecular weight is 548 g/mol. The Kier molecular flexibility index (Phi) is 9.69. The van der Waals surface area contributed by atoms with Crippen LogP contribution in [-0.2, 0) is 16.1 Å². The summed E-state index contributed by atoms with van der Waals surface area (Å²) in [4.78, 5) is 24.8. The number of ether oxygens (including phenoxy) is 4. The van der Waals surface area contributed by atoms with Crippen molar-refractivity contribution in [3.63, 3.8) is 0 Å². The van der Waals surface area contributed by atoms with Gasteiger partial charge in [-0.1, -0.05) is 0 Å². The van der Waals surface area contributed by atoms with Gasteiger partial charge >= 0.3 is 5.97 Å². The van der Waals surface area contributed by atoms with E-state index in [0.29, 0.717) is 35.5 Å². The second kappa shape index (κ2) is 14.0. The van der Waals surface area contributed by atoms with Crippen LogP contribution >= 0.6 is 0 Å². The molecular formula is C27H29N7O6. The Bertz CT molecular complexity index is 1410. The summed E-state index contributed by atoms with van der Waals surface area (Å²) in [6.45, 7) is 2.17. The first-order valence-electron chi connectivity index (χ1n) is 12.2. The Morgan fingerprint density at radius 2 is 1.77 bits per heavy atom. The Labute approximate surface area is 230 Å². The van der Waals surface area contributed by atoms with E-state index in [0.717, 1.165) is 17.2 Å². The van der Waals surface area contributed by atoms with Gasteiger partial charge in [-0.3, -0.25) is 0 Å². The number of esters is 1. The summed E-state index contributed by atoms with van der Waals surface area (Å²) in [5, 5.41) is 10.5. The molecule has 0 bridgehead atoms. The lowest BCUT2D eigenvalue weighted by atomic mass is 10.2. The molecule has 208 valence electrons. The van der Waals surface area contributed by atoms with Gasteiger partial charge in [-0.2, -0.15) is 20.1 Å². The Morgan fingerprint density at radius 3 is 2.50 bits per heavy atom. The molecule has 0 spiro atoms. The number of carbonyl (C=O) groups is 1. The molecule has 0 saturated heterocycles. The summed E-state index contributed by atoms with van der Waals surface area (Å²) in [5.41, 5.74) is 4.29. The maximum absolute atomic E-state index is 11.6. The molecule has 13 heteroatoms. The zero-order valence-electron chi connectivity index (χ0n) is 22.2. The smallest absolute Gasteiger partial charge is 0.344 e. The van der Waals surface area contributed by atoms with Crippen LogP contribution in [0.25, 0.3) is 0 Å². The predicted octanol–water partition coefficient (Wildman–Crippen LogP) is 4.23. The number of hydrogen-bond donors (Lipinski definition) is 3. The third kappa shape index (κ3) is 8.08. The van der Waals surface area contributed by atoms with Crippen LogP contribution in [0.3, 0.4) is 0 Å². The van der Waals surface area contributed by atoms with Crippen molar-refractivity contribution in [3.05, 3.63) is 72.2 Å². The maximum Gasteiger partial charge on any atom is 0.344 e. The number of nitrogens with one attached hydrogen (secondary N) is 3. The van der Waals surface area contributed by atoms with Gasteiger partial charge in [0.15, 0.2) is 18.1 Å². The number of hydrazone groups is 1. The molecule has 0 saturated carbocycles. The number of benzene rings is 2. The Balaban J connectivity index is 1.47. The highest BCUT2D eigenvalue weighted by Crippen LogP contribution is 2.27. The van der Waals surface area contributed by atoms with Gasteiger partial charge in [-0.05, 0) is 67.1 Å². The number of hydrogen-bond acceptors (Lipinski definition) is 13. The van der Waals surface area contributed by atoms with Gasteiger partial charge in [-0.15, -0.1) is 0 Å². The molecule has 0 atom stereocenters. The van der Waals surface area contributed by atoms with Gasteiger partial charge in [0, 0.05) is 5.69 Å². The van der Waals surface area contributed by atoms with Crippen LogP contribution in [-0.4, -0.2) is 54.6 Å². The predicted molar refractivity (Wildman–Crippen MR) is 148 cm³/mol. The van der Waals surface area contributed by atoms with Crippen LogP contribution in [0.15, 0.2) is 70.4 Å². The van der Waals surface area contributed by atoms with Gasteiger partial charge in [0.2, 0.25) is 17.8 Å². The van der Waals surface area contributed by atoms with Gasteiger partial charge in [0.05, 0.1) is 39.8 Å². The number of aromatic nitrogens is 3. The highest BCUT2D eigenvalue weighted by molar-refractivity contribution is 5.81. The van der Waals surface area contributed by atoms with Crippen molar-refractivity contribution in [2.45, 2.75) is 13.5 Å². The first-order valence-corrected chi connectivity index (χ1v) is 12.2. The number of methoxy groups -OCH3 is 2. The molecular weight excluding hydrogens is 518 g/mol. The third-order valence-electron chi connectivity index (χ3n) is 5.20. The van der Waals surface area contributed by atoms with Gasteiger partial charge < -0.3 is 34.0 Å². The normalized spacial score (nSPS) is 10.7. The molecule has 0 unspecified atom stereocenters. The van der Waals surface area contributed by atoms with E-state index in [1.54, 1.807) is 50.8 Å². The molecule has 0 radical (unpaired) electrons. The minimum absolute atomic E-state index is 0.200. The summed E-state index contributed by atoms with van der Waals surface area (Å²) in [7, 11) is 3.11. The van der Waals surface area contributed by atoms with E-state index < -0.39 is 5.97 Å². The van der Waals surface area contributed by atoms with Crippen LogP contribution in [0.4, 0.5) is 23.5 Å². The number of furan rings is 1. The monoisotopic (exact) mass is 547 g/mol. The lowest BCUT2D eigenvalue weighted by Gasteiger charge is -2.11. The summed E-state index contributed by atoms with van der Waals surface area (Å²) < 4.78 is 26.3. The largest absolute Gasteiger partial charge is 0.497 e. The quantitative estimate of drug-likeness (QED) is 0.118. The highest BCUT2D eigenvalue weighted by atomic mass is 16.6. The van der Waals surface area contributed by atoms with Crippen molar-refractivity contribution in [3.8, 4) is 17.2 Å². The number of nitrogens with zero attached hydrogens (tertiary/aromatic N) is 4. The fourth-order valence-electron chi connectivity index (χ4n) is 3.33. The zero-order chi connectivity index (χ0) is 28.2. The lowest BCUT2D eigenvalue weighted by molar-refractivity contribution is -0.145. The second-order valence-corrected chi connectivity index (χ2v) is 7.97. The van der Waals surface area contributed by atoms with Gasteiger partial charge in [-0.25, -0.2) is 10.2 Å². The molecule has 40 heavy (non-hydrogen) atoms. The Hall–Kier alpha value is -5.33.